The summed E-state index contributed by atoms with van der Waals surface area (Å²) in [4.78, 5) is 35.2. The van der Waals surface area contributed by atoms with Crippen molar-refractivity contribution in [1.82, 2.24) is 0 Å². The van der Waals surface area contributed by atoms with Crippen LogP contribution in [-0.4, -0.2) is 29.4 Å². The van der Waals surface area contributed by atoms with Gasteiger partial charge in [0, 0.05) is 17.8 Å². The molecule has 4 fully saturated rings. The number of fused-ring (bicyclic) bond motifs is 3. The fraction of sp³-hybridized carbons (Fsp3) is 0.870. The standard InChI is InChI=1S/C23H34O5/c1-21(14-28-20(27)7-6-19(25)26)9-3-10-22(2)17(21)8-11-23-12-15(16(24)13-23)4-5-18(22)23/h15,17-18H,3-14H2,1-2H3,(H,25,26)/t15-,17-,18+,21-,22-,23+/m1/s1. The number of rotatable bonds is 5. The lowest BCUT2D eigenvalue weighted by Crippen LogP contribution is -2.57. The topological polar surface area (TPSA) is 80.7 Å². The molecule has 0 aromatic carbocycles. The molecule has 0 heterocycles. The maximum atomic E-state index is 12.5. The van der Waals surface area contributed by atoms with Crippen molar-refractivity contribution in [1.29, 1.82) is 0 Å². The lowest BCUT2D eigenvalue weighted by atomic mass is 9.41. The molecule has 28 heavy (non-hydrogen) atoms. The Bertz CT molecular complexity index is 686. The quantitative estimate of drug-likeness (QED) is 0.705. The number of aliphatic carboxylic acids is 1. The van der Waals surface area contributed by atoms with E-state index >= 15 is 0 Å². The molecule has 4 rings (SSSR count). The highest BCUT2D eigenvalue weighted by Gasteiger charge is 2.64. The summed E-state index contributed by atoms with van der Waals surface area (Å²) < 4.78 is 5.59. The number of Topliss-reactive ketones (excluding diaryl/α,β-unsaturated/α-hetero) is 1. The van der Waals surface area contributed by atoms with Crippen LogP contribution < -0.4 is 0 Å². The van der Waals surface area contributed by atoms with Gasteiger partial charge in [-0.1, -0.05) is 20.3 Å². The molecule has 2 bridgehead atoms. The number of hydrogen-bond acceptors (Lipinski definition) is 4. The van der Waals surface area contributed by atoms with Crippen LogP contribution in [0.1, 0.15) is 84.5 Å². The van der Waals surface area contributed by atoms with Gasteiger partial charge >= 0.3 is 11.9 Å². The van der Waals surface area contributed by atoms with Crippen LogP contribution in [0.3, 0.4) is 0 Å². The van der Waals surface area contributed by atoms with Gasteiger partial charge in [-0.3, -0.25) is 14.4 Å². The number of ether oxygens (including phenoxy) is 1. The van der Waals surface area contributed by atoms with E-state index in [9.17, 15) is 14.4 Å². The van der Waals surface area contributed by atoms with Crippen LogP contribution in [0.5, 0.6) is 0 Å². The van der Waals surface area contributed by atoms with Gasteiger partial charge in [-0.15, -0.1) is 0 Å². The SMILES string of the molecule is C[C@]1(COC(=O)CCC(=O)O)CCC[C@]2(C)[C@@H]1CC[C@]13CC(=O)[C@H](CC[C@H]12)C3. The van der Waals surface area contributed by atoms with E-state index in [-0.39, 0.29) is 29.1 Å². The summed E-state index contributed by atoms with van der Waals surface area (Å²) in [6.07, 6.45) is 9.60. The molecule has 4 saturated carbocycles. The second-order valence-electron chi connectivity index (χ2n) is 10.7. The smallest absolute Gasteiger partial charge is 0.306 e. The summed E-state index contributed by atoms with van der Waals surface area (Å²) in [6, 6.07) is 0. The average molecular weight is 391 g/mol. The van der Waals surface area contributed by atoms with Crippen molar-refractivity contribution in [2.24, 2.45) is 34.0 Å². The number of carbonyl (C=O) groups excluding carboxylic acids is 2. The van der Waals surface area contributed by atoms with Crippen LogP contribution in [0.15, 0.2) is 0 Å². The number of esters is 1. The monoisotopic (exact) mass is 390 g/mol. The van der Waals surface area contributed by atoms with Crippen LogP contribution >= 0.6 is 0 Å². The Hall–Kier alpha value is -1.39. The van der Waals surface area contributed by atoms with Crippen molar-refractivity contribution in [3.63, 3.8) is 0 Å². The average Bonchev–Trinajstić information content (AvgIpc) is 2.86. The van der Waals surface area contributed by atoms with Crippen LogP contribution in [0.4, 0.5) is 0 Å². The molecule has 0 aromatic heterocycles. The molecular formula is C23H34O5. The molecule has 0 aromatic rings. The normalized spacial score (nSPS) is 44.5. The van der Waals surface area contributed by atoms with E-state index in [1.807, 2.05) is 0 Å². The van der Waals surface area contributed by atoms with Crippen molar-refractivity contribution in [2.45, 2.75) is 84.5 Å². The number of carboxylic acids is 1. The predicted octanol–water partition coefficient (Wildman–Crippen LogP) is 4.38. The second kappa shape index (κ2) is 6.84. The molecule has 0 saturated heterocycles. The summed E-state index contributed by atoms with van der Waals surface area (Å²) in [5.74, 6) is 0.586. The molecular weight excluding hydrogens is 356 g/mol. The summed E-state index contributed by atoms with van der Waals surface area (Å²) >= 11 is 0. The van der Waals surface area contributed by atoms with Crippen LogP contribution in [-0.2, 0) is 19.1 Å². The van der Waals surface area contributed by atoms with Crippen molar-refractivity contribution in [3.8, 4) is 0 Å². The first-order valence-corrected chi connectivity index (χ1v) is 11.1. The Kier molecular flexibility index (Phi) is 4.86. The lowest BCUT2D eigenvalue weighted by Gasteiger charge is -2.64. The third-order valence-electron chi connectivity index (χ3n) is 9.11. The highest BCUT2D eigenvalue weighted by atomic mass is 16.5. The highest BCUT2D eigenvalue weighted by molar-refractivity contribution is 5.84. The summed E-state index contributed by atoms with van der Waals surface area (Å²) in [7, 11) is 0. The number of carbonyl (C=O) groups is 3. The van der Waals surface area contributed by atoms with E-state index in [4.69, 9.17) is 9.84 Å². The molecule has 1 N–H and O–H groups in total. The zero-order valence-corrected chi connectivity index (χ0v) is 17.3. The molecule has 0 unspecified atom stereocenters. The number of hydrogen-bond donors (Lipinski definition) is 1. The summed E-state index contributed by atoms with van der Waals surface area (Å²) in [6.45, 7) is 5.12. The number of carboxylic acid groups (broad SMARTS) is 1. The van der Waals surface area contributed by atoms with Crippen molar-refractivity contribution >= 4 is 17.7 Å². The Balaban J connectivity index is 1.50. The zero-order chi connectivity index (χ0) is 20.2. The largest absolute Gasteiger partial charge is 0.481 e. The molecule has 0 aliphatic heterocycles. The summed E-state index contributed by atoms with van der Waals surface area (Å²) in [5.41, 5.74) is 0.406. The van der Waals surface area contributed by atoms with Gasteiger partial charge in [-0.05, 0) is 67.6 Å². The molecule has 156 valence electrons. The molecule has 4 aliphatic rings. The third kappa shape index (κ3) is 3.09. The van der Waals surface area contributed by atoms with Gasteiger partial charge < -0.3 is 9.84 Å². The van der Waals surface area contributed by atoms with E-state index < -0.39 is 11.9 Å². The maximum absolute atomic E-state index is 12.5. The Labute approximate surface area is 167 Å². The third-order valence-corrected chi connectivity index (χ3v) is 9.11. The molecule has 5 heteroatoms. The van der Waals surface area contributed by atoms with Gasteiger partial charge in [-0.25, -0.2) is 0 Å². The van der Waals surface area contributed by atoms with Gasteiger partial charge in [0.25, 0.3) is 0 Å². The van der Waals surface area contributed by atoms with Crippen molar-refractivity contribution in [2.75, 3.05) is 6.61 Å². The minimum atomic E-state index is -0.965. The summed E-state index contributed by atoms with van der Waals surface area (Å²) in [5, 5.41) is 8.77. The van der Waals surface area contributed by atoms with Crippen molar-refractivity contribution in [3.05, 3.63) is 0 Å². The van der Waals surface area contributed by atoms with Gasteiger partial charge in [0.15, 0.2) is 0 Å². The van der Waals surface area contributed by atoms with Gasteiger partial charge in [0.2, 0.25) is 0 Å². The van der Waals surface area contributed by atoms with Gasteiger partial charge in [-0.2, -0.15) is 0 Å². The highest BCUT2D eigenvalue weighted by Crippen LogP contribution is 2.70. The molecule has 4 aliphatic carbocycles. The van der Waals surface area contributed by atoms with Gasteiger partial charge in [0.1, 0.15) is 5.78 Å². The van der Waals surface area contributed by atoms with Gasteiger partial charge in [0.05, 0.1) is 19.4 Å². The van der Waals surface area contributed by atoms with E-state index in [1.54, 1.807) is 0 Å². The minimum absolute atomic E-state index is 0.0487. The molecule has 1 spiro atoms. The van der Waals surface area contributed by atoms with Crippen LogP contribution in [0, 0.1) is 34.0 Å². The lowest BCUT2D eigenvalue weighted by molar-refractivity contribution is -0.174. The Morgan fingerprint density at radius 1 is 1.07 bits per heavy atom. The van der Waals surface area contributed by atoms with Crippen molar-refractivity contribution < 1.29 is 24.2 Å². The molecule has 6 atom stereocenters. The zero-order valence-electron chi connectivity index (χ0n) is 17.3. The molecule has 0 amide bonds. The Morgan fingerprint density at radius 2 is 1.86 bits per heavy atom. The van der Waals surface area contributed by atoms with Crippen LogP contribution in [0.2, 0.25) is 0 Å². The first-order chi connectivity index (χ1) is 13.2. The minimum Gasteiger partial charge on any atom is -0.481 e. The predicted molar refractivity (Wildman–Crippen MR) is 104 cm³/mol. The van der Waals surface area contributed by atoms with E-state index in [1.165, 1.54) is 12.8 Å². The van der Waals surface area contributed by atoms with E-state index in [0.29, 0.717) is 30.1 Å². The second-order valence-corrected chi connectivity index (χ2v) is 10.7. The van der Waals surface area contributed by atoms with E-state index in [0.717, 1.165) is 44.9 Å². The first kappa shape index (κ1) is 19.9. The Morgan fingerprint density at radius 3 is 2.61 bits per heavy atom. The number of ketones is 1. The van der Waals surface area contributed by atoms with E-state index in [2.05, 4.69) is 13.8 Å². The maximum Gasteiger partial charge on any atom is 0.306 e. The fourth-order valence-corrected chi connectivity index (χ4v) is 8.01. The fourth-order valence-electron chi connectivity index (χ4n) is 8.01. The first-order valence-electron chi connectivity index (χ1n) is 11.1. The molecule has 0 radical (unpaired) electrons. The van der Waals surface area contributed by atoms with Crippen LogP contribution in [0.25, 0.3) is 0 Å². The molecule has 5 nitrogen and oxygen atoms in total.